The molecule has 8 heavy (non-hydrogen) atoms. The molecule has 0 saturated carbocycles. The number of hydrogen-bond donors (Lipinski definition) is 0. The topological polar surface area (TPSA) is 12.4 Å². The molecule has 0 aromatic carbocycles. The molecule has 0 aliphatic carbocycles. The van der Waals surface area contributed by atoms with E-state index < -0.39 is 0 Å². The summed E-state index contributed by atoms with van der Waals surface area (Å²) in [5, 5.41) is 0.699. The third kappa shape index (κ3) is 1.02. The minimum atomic E-state index is 0.316. The number of nitrogens with zero attached hydrogens (tertiary/aromatic N) is 1. The molecule has 1 heterocycles. The fourth-order valence-electron chi connectivity index (χ4n) is 0.390. The summed E-state index contributed by atoms with van der Waals surface area (Å²) in [5.74, 6) is 0. The smallest absolute Gasteiger partial charge is 0.310 e. The van der Waals surface area contributed by atoms with Crippen molar-refractivity contribution >= 4 is 47.4 Å². The molecule has 0 aromatic heterocycles. The molecule has 1 nitrogen and oxygen atoms in total. The Hall–Kier alpha value is 0.345. The summed E-state index contributed by atoms with van der Waals surface area (Å²) in [6.45, 7) is 0. The molecule has 5 heteroatoms. The Bertz CT molecular complexity index is 168. The van der Waals surface area contributed by atoms with E-state index in [2.05, 4.69) is 4.90 Å². The molecule has 0 spiro atoms. The van der Waals surface area contributed by atoms with E-state index in [-0.39, 0.29) is 0 Å². The van der Waals surface area contributed by atoms with Gasteiger partial charge in [-0.2, -0.15) is 0 Å². The first-order valence-electron chi connectivity index (χ1n) is 1.96. The highest BCUT2D eigenvalue weighted by atomic mass is 35.5. The molecule has 0 saturated heterocycles. The Morgan fingerprint density at radius 2 is 1.88 bits per heavy atom. The first kappa shape index (κ1) is 6.46. The highest BCUT2D eigenvalue weighted by Crippen LogP contribution is 2.21. The Morgan fingerprint density at radius 3 is 2.00 bits per heavy atom. The average Bonchev–Trinajstić information content (AvgIpc) is 1.98. The van der Waals surface area contributed by atoms with Gasteiger partial charge < -0.3 is 4.90 Å². The van der Waals surface area contributed by atoms with Crippen molar-refractivity contribution in [2.45, 2.75) is 0 Å². The lowest BCUT2D eigenvalue weighted by molar-refractivity contribution is 1.92. The molecule has 0 bridgehead atoms. The second-order valence-corrected chi connectivity index (χ2v) is 2.52. The summed E-state index contributed by atoms with van der Waals surface area (Å²) in [6.07, 6.45) is 0. The maximum atomic E-state index is 5.51. The highest BCUT2D eigenvalue weighted by Gasteiger charge is 2.14. The van der Waals surface area contributed by atoms with Crippen molar-refractivity contribution in [1.82, 2.24) is 0 Å². The van der Waals surface area contributed by atoms with Gasteiger partial charge in [-0.15, -0.1) is 0 Å². The fourth-order valence-corrected chi connectivity index (χ4v) is 0.881. The van der Waals surface area contributed by atoms with Gasteiger partial charge in [0, 0.05) is 4.93 Å². The predicted octanol–water partition coefficient (Wildman–Crippen LogP) is 1.64. The maximum Gasteiger partial charge on any atom is 0.310 e. The fraction of sp³-hybridized carbons (Fsp3) is 0. The molecule has 0 aromatic rings. The van der Waals surface area contributed by atoms with Gasteiger partial charge in [0.1, 0.15) is 5.17 Å². The summed E-state index contributed by atoms with van der Waals surface area (Å²) in [5.41, 5.74) is 0. The van der Waals surface area contributed by atoms with Gasteiger partial charge in [0.25, 0.3) is 0 Å². The standard InChI is InChI=1S/C3HBCl3N/c5-1-2(6)4-8-3(1)7/h4H. The molecule has 1 rings (SSSR count). The van der Waals surface area contributed by atoms with Crippen LogP contribution in [-0.2, 0) is 0 Å². The molecular formula is C3HBCl3N. The van der Waals surface area contributed by atoms with Crippen LogP contribution in [0.15, 0.2) is 14.9 Å². The molecular weight excluding hydrogens is 167 g/mol. The van der Waals surface area contributed by atoms with Crippen molar-refractivity contribution in [3.05, 3.63) is 9.96 Å². The van der Waals surface area contributed by atoms with Crippen LogP contribution in [0.4, 0.5) is 0 Å². The quantitative estimate of drug-likeness (QED) is 0.487. The van der Waals surface area contributed by atoms with Crippen molar-refractivity contribution in [1.29, 1.82) is 0 Å². The largest absolute Gasteiger partial charge is 0.328 e. The van der Waals surface area contributed by atoms with Crippen LogP contribution in [0.1, 0.15) is 0 Å². The monoisotopic (exact) mass is 167 g/mol. The minimum absolute atomic E-state index is 0.316. The van der Waals surface area contributed by atoms with Crippen molar-refractivity contribution in [2.75, 3.05) is 0 Å². The van der Waals surface area contributed by atoms with E-state index in [0.29, 0.717) is 22.5 Å². The lowest BCUT2D eigenvalue weighted by atomic mass is 9.99. The van der Waals surface area contributed by atoms with Crippen molar-refractivity contribution in [3.8, 4) is 0 Å². The van der Waals surface area contributed by atoms with Gasteiger partial charge in [0.2, 0.25) is 0 Å². The summed E-state index contributed by atoms with van der Waals surface area (Å²) >= 11 is 16.4. The van der Waals surface area contributed by atoms with E-state index in [1.165, 1.54) is 0 Å². The third-order valence-corrected chi connectivity index (χ3v) is 1.99. The number of halogens is 3. The molecule has 0 radical (unpaired) electrons. The Kier molecular flexibility index (Phi) is 1.86. The molecule has 42 valence electrons. The number of allylic oxidation sites excluding steroid dienone is 1. The lowest BCUT2D eigenvalue weighted by Gasteiger charge is -1.83. The van der Waals surface area contributed by atoms with E-state index in [0.717, 1.165) is 0 Å². The number of hydrogen-bond acceptors (Lipinski definition) is 1. The van der Waals surface area contributed by atoms with E-state index in [9.17, 15) is 0 Å². The zero-order valence-electron chi connectivity index (χ0n) is 3.79. The van der Waals surface area contributed by atoms with Crippen molar-refractivity contribution in [2.24, 2.45) is 4.90 Å². The van der Waals surface area contributed by atoms with Crippen molar-refractivity contribution in [3.63, 3.8) is 0 Å². The van der Waals surface area contributed by atoms with Gasteiger partial charge in [0.15, 0.2) is 0 Å². The van der Waals surface area contributed by atoms with Crippen LogP contribution in [-0.4, -0.2) is 12.6 Å². The van der Waals surface area contributed by atoms with Gasteiger partial charge in [0.05, 0.1) is 5.03 Å². The summed E-state index contributed by atoms with van der Waals surface area (Å²) in [6, 6.07) is 0. The van der Waals surface area contributed by atoms with Gasteiger partial charge in [-0.3, -0.25) is 0 Å². The van der Waals surface area contributed by atoms with Crippen LogP contribution < -0.4 is 0 Å². The molecule has 0 unspecified atom stereocenters. The average molecular weight is 168 g/mol. The Balaban J connectivity index is 2.88. The normalized spacial score (nSPS) is 18.6. The molecule has 0 atom stereocenters. The highest BCUT2D eigenvalue weighted by molar-refractivity contribution is 6.85. The molecule has 0 N–H and O–H groups in total. The van der Waals surface area contributed by atoms with Crippen molar-refractivity contribution < 1.29 is 0 Å². The Labute approximate surface area is 62.6 Å². The first-order valence-corrected chi connectivity index (χ1v) is 3.09. The SMILES string of the molecule is ClC1=NBC(Cl)=C1Cl. The van der Waals surface area contributed by atoms with Crippen LogP contribution >= 0.6 is 34.8 Å². The van der Waals surface area contributed by atoms with Gasteiger partial charge in [-0.1, -0.05) is 34.8 Å². The Morgan fingerprint density at radius 1 is 1.25 bits per heavy atom. The molecule has 1 aliphatic heterocycles. The first-order chi connectivity index (χ1) is 3.72. The minimum Gasteiger partial charge on any atom is -0.328 e. The van der Waals surface area contributed by atoms with Crippen LogP contribution in [0.5, 0.6) is 0 Å². The van der Waals surface area contributed by atoms with Crippen LogP contribution in [0.2, 0.25) is 0 Å². The van der Waals surface area contributed by atoms with E-state index in [1.54, 1.807) is 0 Å². The summed E-state index contributed by atoms with van der Waals surface area (Å²) in [4.78, 5) is 4.27. The van der Waals surface area contributed by atoms with Crippen LogP contribution in [0, 0.1) is 0 Å². The predicted molar refractivity (Wildman–Crippen MR) is 39.2 cm³/mol. The second kappa shape index (κ2) is 2.30. The van der Waals surface area contributed by atoms with Crippen LogP contribution in [0.3, 0.4) is 0 Å². The molecule has 1 aliphatic rings. The van der Waals surface area contributed by atoms with Gasteiger partial charge in [-0.25, -0.2) is 0 Å². The lowest BCUT2D eigenvalue weighted by Crippen LogP contribution is -1.78. The third-order valence-electron chi connectivity index (χ3n) is 0.776. The zero-order chi connectivity index (χ0) is 6.15. The van der Waals surface area contributed by atoms with E-state index in [4.69, 9.17) is 34.8 Å². The molecule has 0 fully saturated rings. The van der Waals surface area contributed by atoms with Gasteiger partial charge in [-0.05, 0) is 0 Å². The second-order valence-electron chi connectivity index (χ2n) is 1.33. The zero-order valence-corrected chi connectivity index (χ0v) is 6.06. The number of rotatable bonds is 0. The summed E-state index contributed by atoms with van der Waals surface area (Å²) < 4.78 is 0. The van der Waals surface area contributed by atoms with Crippen LogP contribution in [0.25, 0.3) is 0 Å². The molecule has 0 amide bonds. The van der Waals surface area contributed by atoms with Gasteiger partial charge >= 0.3 is 7.41 Å². The van der Waals surface area contributed by atoms with E-state index in [1.807, 2.05) is 0 Å². The van der Waals surface area contributed by atoms with E-state index >= 15 is 0 Å². The maximum absolute atomic E-state index is 5.51. The summed E-state index contributed by atoms with van der Waals surface area (Å²) in [7, 11) is 0.430.